The van der Waals surface area contributed by atoms with Gasteiger partial charge in [0.15, 0.2) is 5.65 Å². The second-order valence-electron chi connectivity index (χ2n) is 4.52. The summed E-state index contributed by atoms with van der Waals surface area (Å²) in [5.74, 6) is 2.63. The van der Waals surface area contributed by atoms with Gasteiger partial charge in [0, 0.05) is 19.3 Å². The lowest BCUT2D eigenvalue weighted by Gasteiger charge is -2.17. The SMILES string of the molecule is CCN(CC)CCSCc1nc(Cl)c2cnn(C)c2n1. The zero-order valence-corrected chi connectivity index (χ0v) is 13.7. The van der Waals surface area contributed by atoms with Crippen molar-refractivity contribution in [2.24, 2.45) is 7.05 Å². The molecule has 7 heteroatoms. The summed E-state index contributed by atoms with van der Waals surface area (Å²) in [6.07, 6.45) is 1.70. The Kier molecular flexibility index (Phi) is 5.63. The van der Waals surface area contributed by atoms with E-state index in [0.29, 0.717) is 5.15 Å². The minimum atomic E-state index is 0.488. The highest BCUT2D eigenvalue weighted by atomic mass is 35.5. The molecule has 2 heterocycles. The van der Waals surface area contributed by atoms with Crippen LogP contribution >= 0.6 is 23.4 Å². The Labute approximate surface area is 128 Å². The summed E-state index contributed by atoms with van der Waals surface area (Å²) in [7, 11) is 1.86. The Morgan fingerprint density at radius 1 is 1.30 bits per heavy atom. The summed E-state index contributed by atoms with van der Waals surface area (Å²) in [5, 5.41) is 5.46. The average molecular weight is 314 g/mol. The molecule has 2 aromatic rings. The van der Waals surface area contributed by atoms with E-state index in [4.69, 9.17) is 11.6 Å². The number of hydrogen-bond donors (Lipinski definition) is 0. The minimum absolute atomic E-state index is 0.488. The Morgan fingerprint density at radius 3 is 2.75 bits per heavy atom. The van der Waals surface area contributed by atoms with Gasteiger partial charge >= 0.3 is 0 Å². The van der Waals surface area contributed by atoms with E-state index in [2.05, 4.69) is 33.8 Å². The molecule has 2 aromatic heterocycles. The molecule has 0 spiro atoms. The van der Waals surface area contributed by atoms with Gasteiger partial charge in [-0.3, -0.25) is 4.68 Å². The molecule has 110 valence electrons. The van der Waals surface area contributed by atoms with E-state index in [1.165, 1.54) is 0 Å². The van der Waals surface area contributed by atoms with E-state index in [1.54, 1.807) is 10.9 Å². The Balaban J connectivity index is 1.95. The van der Waals surface area contributed by atoms with Crippen LogP contribution in [0.1, 0.15) is 19.7 Å². The van der Waals surface area contributed by atoms with Crippen molar-refractivity contribution in [2.75, 3.05) is 25.4 Å². The number of rotatable bonds is 7. The van der Waals surface area contributed by atoms with E-state index < -0.39 is 0 Å². The van der Waals surface area contributed by atoms with Crippen molar-refractivity contribution in [3.05, 3.63) is 17.2 Å². The van der Waals surface area contributed by atoms with Crippen LogP contribution in [0.4, 0.5) is 0 Å². The van der Waals surface area contributed by atoms with Crippen molar-refractivity contribution >= 4 is 34.4 Å². The Morgan fingerprint density at radius 2 is 2.05 bits per heavy atom. The molecule has 0 bridgehead atoms. The zero-order valence-electron chi connectivity index (χ0n) is 12.1. The van der Waals surface area contributed by atoms with Crippen LogP contribution in [0.25, 0.3) is 11.0 Å². The Bertz CT molecular complexity index is 567. The van der Waals surface area contributed by atoms with Crippen molar-refractivity contribution in [3.8, 4) is 0 Å². The topological polar surface area (TPSA) is 46.8 Å². The molecule has 0 aliphatic heterocycles. The standard InChI is InChI=1S/C13H20ClN5S/c1-4-19(5-2)6-7-20-9-11-16-12(14)10-8-15-18(3)13(10)17-11/h8H,4-7,9H2,1-3H3. The molecule has 0 saturated heterocycles. The second kappa shape index (κ2) is 7.24. The van der Waals surface area contributed by atoms with Gasteiger partial charge in [-0.1, -0.05) is 25.4 Å². The Hall–Kier alpha value is -0.850. The molecule has 0 aromatic carbocycles. The molecule has 0 fully saturated rings. The fraction of sp³-hybridized carbons (Fsp3) is 0.615. The van der Waals surface area contributed by atoms with Gasteiger partial charge in [-0.2, -0.15) is 16.9 Å². The van der Waals surface area contributed by atoms with Crippen molar-refractivity contribution in [1.82, 2.24) is 24.6 Å². The summed E-state index contributed by atoms with van der Waals surface area (Å²) < 4.78 is 1.73. The van der Waals surface area contributed by atoms with Gasteiger partial charge in [-0.25, -0.2) is 9.97 Å². The van der Waals surface area contributed by atoms with Crippen LogP contribution in [0.15, 0.2) is 6.20 Å². The lowest BCUT2D eigenvalue weighted by atomic mass is 10.4. The second-order valence-corrected chi connectivity index (χ2v) is 5.98. The molecule has 0 atom stereocenters. The first kappa shape index (κ1) is 15.5. The quantitative estimate of drug-likeness (QED) is 0.581. The predicted molar refractivity (Wildman–Crippen MR) is 85.3 cm³/mol. The summed E-state index contributed by atoms with van der Waals surface area (Å²) in [6.45, 7) is 7.67. The third kappa shape index (κ3) is 3.62. The summed E-state index contributed by atoms with van der Waals surface area (Å²) in [6, 6.07) is 0. The highest BCUT2D eigenvalue weighted by Crippen LogP contribution is 2.21. The number of fused-ring (bicyclic) bond motifs is 1. The van der Waals surface area contributed by atoms with E-state index in [9.17, 15) is 0 Å². The fourth-order valence-electron chi connectivity index (χ4n) is 1.99. The maximum Gasteiger partial charge on any atom is 0.162 e. The highest BCUT2D eigenvalue weighted by molar-refractivity contribution is 7.98. The molecule has 0 aliphatic rings. The van der Waals surface area contributed by atoms with Crippen molar-refractivity contribution in [1.29, 1.82) is 0 Å². The number of aromatic nitrogens is 4. The van der Waals surface area contributed by atoms with Crippen LogP contribution in [0.5, 0.6) is 0 Å². The van der Waals surface area contributed by atoms with Crippen molar-refractivity contribution < 1.29 is 0 Å². The molecule has 0 aliphatic carbocycles. The van der Waals surface area contributed by atoms with Crippen LogP contribution in [-0.4, -0.2) is 50.0 Å². The maximum atomic E-state index is 6.16. The van der Waals surface area contributed by atoms with E-state index in [0.717, 1.165) is 48.0 Å². The molecular weight excluding hydrogens is 294 g/mol. The van der Waals surface area contributed by atoms with Crippen molar-refractivity contribution in [2.45, 2.75) is 19.6 Å². The largest absolute Gasteiger partial charge is 0.303 e. The maximum absolute atomic E-state index is 6.16. The number of aryl methyl sites for hydroxylation is 1. The molecule has 0 unspecified atom stereocenters. The van der Waals surface area contributed by atoms with Crippen LogP contribution in [0.3, 0.4) is 0 Å². The summed E-state index contributed by atoms with van der Waals surface area (Å²) >= 11 is 8.00. The van der Waals surface area contributed by atoms with Gasteiger partial charge in [-0.15, -0.1) is 0 Å². The van der Waals surface area contributed by atoms with E-state index >= 15 is 0 Å². The molecule has 20 heavy (non-hydrogen) atoms. The minimum Gasteiger partial charge on any atom is -0.303 e. The molecule has 0 N–H and O–H groups in total. The number of halogens is 1. The summed E-state index contributed by atoms with van der Waals surface area (Å²) in [4.78, 5) is 11.3. The first-order valence-corrected chi connectivity index (χ1v) is 8.33. The zero-order chi connectivity index (χ0) is 14.5. The molecule has 2 rings (SSSR count). The number of hydrogen-bond acceptors (Lipinski definition) is 5. The van der Waals surface area contributed by atoms with Crippen LogP contribution < -0.4 is 0 Å². The molecule has 0 saturated carbocycles. The summed E-state index contributed by atoms with van der Waals surface area (Å²) in [5.41, 5.74) is 0.796. The molecule has 0 radical (unpaired) electrons. The van der Waals surface area contributed by atoms with Crippen LogP contribution in [0, 0.1) is 0 Å². The third-order valence-corrected chi connectivity index (χ3v) is 4.49. The first-order chi connectivity index (χ1) is 9.65. The lowest BCUT2D eigenvalue weighted by molar-refractivity contribution is 0.324. The lowest BCUT2D eigenvalue weighted by Crippen LogP contribution is -2.25. The molecule has 5 nitrogen and oxygen atoms in total. The van der Waals surface area contributed by atoms with Gasteiger partial charge in [0.25, 0.3) is 0 Å². The van der Waals surface area contributed by atoms with E-state index in [1.807, 2.05) is 18.8 Å². The fourth-order valence-corrected chi connectivity index (χ4v) is 3.07. The first-order valence-electron chi connectivity index (χ1n) is 6.79. The smallest absolute Gasteiger partial charge is 0.162 e. The highest BCUT2D eigenvalue weighted by Gasteiger charge is 2.10. The third-order valence-electron chi connectivity index (χ3n) is 3.27. The molecular formula is C13H20ClN5S. The molecule has 0 amide bonds. The number of nitrogens with zero attached hydrogens (tertiary/aromatic N) is 5. The number of thioether (sulfide) groups is 1. The van der Waals surface area contributed by atoms with Gasteiger partial charge < -0.3 is 4.90 Å². The van der Waals surface area contributed by atoms with E-state index in [-0.39, 0.29) is 0 Å². The van der Waals surface area contributed by atoms with Gasteiger partial charge in [0.2, 0.25) is 0 Å². The van der Waals surface area contributed by atoms with Gasteiger partial charge in [0.05, 0.1) is 17.3 Å². The normalized spacial score (nSPS) is 11.7. The average Bonchev–Trinajstić information content (AvgIpc) is 2.81. The van der Waals surface area contributed by atoms with Crippen LogP contribution in [0.2, 0.25) is 5.15 Å². The van der Waals surface area contributed by atoms with Crippen molar-refractivity contribution in [3.63, 3.8) is 0 Å². The predicted octanol–water partition coefficient (Wildman–Crippen LogP) is 2.59. The van der Waals surface area contributed by atoms with Gasteiger partial charge in [0.1, 0.15) is 11.0 Å². The monoisotopic (exact) mass is 313 g/mol. The van der Waals surface area contributed by atoms with Gasteiger partial charge in [-0.05, 0) is 13.1 Å². The van der Waals surface area contributed by atoms with Crippen LogP contribution in [-0.2, 0) is 12.8 Å².